The number of carboxylic acids is 1. The zero-order chi connectivity index (χ0) is 15.8. The summed E-state index contributed by atoms with van der Waals surface area (Å²) < 4.78 is 52.6. The molecule has 0 aromatic heterocycles. The lowest BCUT2D eigenvalue weighted by Crippen LogP contribution is -2.56. The van der Waals surface area contributed by atoms with Gasteiger partial charge in [-0.25, -0.2) is 17.2 Å². The van der Waals surface area contributed by atoms with E-state index in [1.807, 2.05) is 0 Å². The number of benzene rings is 1. The van der Waals surface area contributed by atoms with E-state index in [-0.39, 0.29) is 25.9 Å². The maximum Gasteiger partial charge on any atom is 0.323 e. The maximum atomic E-state index is 13.6. The van der Waals surface area contributed by atoms with E-state index in [1.165, 1.54) is 0 Å². The Labute approximate surface area is 120 Å². The molecule has 0 unspecified atom stereocenters. The van der Waals surface area contributed by atoms with Crippen molar-refractivity contribution in [2.75, 3.05) is 13.1 Å². The van der Waals surface area contributed by atoms with Gasteiger partial charge in [0, 0.05) is 13.1 Å². The lowest BCUT2D eigenvalue weighted by molar-refractivity contribution is -0.144. The number of halogens is 2. The van der Waals surface area contributed by atoms with Crippen LogP contribution in [0.5, 0.6) is 0 Å². The number of hydrogen-bond donors (Lipinski definition) is 2. The van der Waals surface area contributed by atoms with Crippen LogP contribution in [0.3, 0.4) is 0 Å². The number of hydrogen-bond acceptors (Lipinski definition) is 4. The van der Waals surface area contributed by atoms with Crippen molar-refractivity contribution in [1.82, 2.24) is 4.31 Å². The van der Waals surface area contributed by atoms with Gasteiger partial charge >= 0.3 is 5.97 Å². The number of piperidine rings is 1. The highest BCUT2D eigenvalue weighted by atomic mass is 32.2. The SMILES string of the molecule is NC1(C(=O)O)CCN(S(=O)(=O)c2c(F)cccc2F)CC1. The number of rotatable bonds is 3. The number of carbonyl (C=O) groups is 1. The van der Waals surface area contributed by atoms with Gasteiger partial charge in [-0.2, -0.15) is 4.31 Å². The van der Waals surface area contributed by atoms with E-state index in [0.29, 0.717) is 0 Å². The molecule has 0 saturated carbocycles. The highest BCUT2D eigenvalue weighted by Crippen LogP contribution is 2.28. The summed E-state index contributed by atoms with van der Waals surface area (Å²) in [7, 11) is -4.36. The lowest BCUT2D eigenvalue weighted by atomic mass is 9.90. The Morgan fingerprint density at radius 1 is 1.24 bits per heavy atom. The Morgan fingerprint density at radius 3 is 2.14 bits per heavy atom. The molecule has 1 aliphatic rings. The summed E-state index contributed by atoms with van der Waals surface area (Å²) in [5, 5.41) is 8.98. The van der Waals surface area contributed by atoms with E-state index in [0.717, 1.165) is 22.5 Å². The first-order valence-electron chi connectivity index (χ1n) is 6.15. The summed E-state index contributed by atoms with van der Waals surface area (Å²) in [6.07, 6.45) is -0.255. The summed E-state index contributed by atoms with van der Waals surface area (Å²) in [4.78, 5) is 9.97. The van der Waals surface area contributed by atoms with Crippen LogP contribution in [-0.2, 0) is 14.8 Å². The summed E-state index contributed by atoms with van der Waals surface area (Å²) in [5.41, 5.74) is 4.12. The van der Waals surface area contributed by atoms with Gasteiger partial charge < -0.3 is 10.8 Å². The molecule has 6 nitrogen and oxygen atoms in total. The van der Waals surface area contributed by atoms with Gasteiger partial charge in [0.15, 0.2) is 4.90 Å². The van der Waals surface area contributed by atoms with Gasteiger partial charge in [0.05, 0.1) is 0 Å². The van der Waals surface area contributed by atoms with E-state index in [1.54, 1.807) is 0 Å². The molecule has 0 amide bonds. The summed E-state index contributed by atoms with van der Waals surface area (Å²) >= 11 is 0. The second-order valence-corrected chi connectivity index (χ2v) is 6.79. The predicted molar refractivity (Wildman–Crippen MR) is 68.9 cm³/mol. The molecule has 9 heteroatoms. The third-order valence-corrected chi connectivity index (χ3v) is 5.51. The van der Waals surface area contributed by atoms with E-state index in [4.69, 9.17) is 10.8 Å². The van der Waals surface area contributed by atoms with Crippen LogP contribution < -0.4 is 5.73 Å². The van der Waals surface area contributed by atoms with E-state index >= 15 is 0 Å². The molecule has 3 N–H and O–H groups in total. The zero-order valence-electron chi connectivity index (χ0n) is 10.9. The summed E-state index contributed by atoms with van der Waals surface area (Å²) in [5.74, 6) is -3.59. The molecule has 0 spiro atoms. The van der Waals surface area contributed by atoms with Crippen molar-refractivity contribution >= 4 is 16.0 Å². The van der Waals surface area contributed by atoms with Crippen LogP contribution in [0.15, 0.2) is 23.1 Å². The first kappa shape index (κ1) is 15.8. The minimum atomic E-state index is -4.36. The first-order valence-corrected chi connectivity index (χ1v) is 7.59. The van der Waals surface area contributed by atoms with Gasteiger partial charge in [0.1, 0.15) is 17.2 Å². The molecule has 0 bridgehead atoms. The second kappa shape index (κ2) is 5.32. The molecule has 21 heavy (non-hydrogen) atoms. The Bertz CT molecular complexity index is 650. The highest BCUT2D eigenvalue weighted by Gasteiger charge is 2.42. The van der Waals surface area contributed by atoms with E-state index in [2.05, 4.69) is 0 Å². The fourth-order valence-corrected chi connectivity index (χ4v) is 3.75. The predicted octanol–water partition coefficient (Wildman–Crippen LogP) is 0.531. The number of carboxylic acid groups (broad SMARTS) is 1. The smallest absolute Gasteiger partial charge is 0.323 e. The topological polar surface area (TPSA) is 101 Å². The average molecular weight is 320 g/mol. The highest BCUT2D eigenvalue weighted by molar-refractivity contribution is 7.89. The molecule has 2 rings (SSSR count). The maximum absolute atomic E-state index is 13.6. The van der Waals surface area contributed by atoms with E-state index < -0.39 is 38.1 Å². The van der Waals surface area contributed by atoms with Crippen LogP contribution in [0.25, 0.3) is 0 Å². The van der Waals surface area contributed by atoms with Crippen LogP contribution in [0.4, 0.5) is 8.78 Å². The van der Waals surface area contributed by atoms with Crippen LogP contribution >= 0.6 is 0 Å². The molecule has 0 atom stereocenters. The molecule has 116 valence electrons. The van der Waals surface area contributed by atoms with Crippen LogP contribution in [0.1, 0.15) is 12.8 Å². The molecule has 1 heterocycles. The Hall–Kier alpha value is -1.58. The van der Waals surface area contributed by atoms with Crippen molar-refractivity contribution in [2.24, 2.45) is 5.73 Å². The Kier molecular flexibility index (Phi) is 4.00. The number of aliphatic carboxylic acids is 1. The van der Waals surface area contributed by atoms with Gasteiger partial charge in [-0.3, -0.25) is 4.79 Å². The second-order valence-electron chi connectivity index (χ2n) is 4.92. The summed E-state index contributed by atoms with van der Waals surface area (Å²) in [6, 6.07) is 2.77. The van der Waals surface area contributed by atoms with Crippen LogP contribution in [0, 0.1) is 11.6 Å². The quantitative estimate of drug-likeness (QED) is 0.846. The van der Waals surface area contributed by atoms with Gasteiger partial charge in [-0.05, 0) is 25.0 Å². The molecule has 0 radical (unpaired) electrons. The van der Waals surface area contributed by atoms with Gasteiger partial charge in [-0.1, -0.05) is 6.07 Å². The van der Waals surface area contributed by atoms with Crippen molar-refractivity contribution < 1.29 is 27.1 Å². The third kappa shape index (κ3) is 2.76. The van der Waals surface area contributed by atoms with Gasteiger partial charge in [0.2, 0.25) is 10.0 Å². The minimum Gasteiger partial charge on any atom is -0.480 e. The molecule has 1 aromatic rings. The largest absolute Gasteiger partial charge is 0.480 e. The van der Waals surface area contributed by atoms with Crippen molar-refractivity contribution in [3.8, 4) is 0 Å². The van der Waals surface area contributed by atoms with Crippen LogP contribution in [0.2, 0.25) is 0 Å². The minimum absolute atomic E-state index is 0.127. The molecule has 1 aliphatic heterocycles. The van der Waals surface area contributed by atoms with Crippen molar-refractivity contribution in [3.05, 3.63) is 29.8 Å². The lowest BCUT2D eigenvalue weighted by Gasteiger charge is -2.35. The zero-order valence-corrected chi connectivity index (χ0v) is 11.7. The number of nitrogens with zero attached hydrogens (tertiary/aromatic N) is 1. The van der Waals surface area contributed by atoms with Gasteiger partial charge in [0.25, 0.3) is 0 Å². The average Bonchev–Trinajstić information content (AvgIpc) is 2.38. The third-order valence-electron chi connectivity index (χ3n) is 3.56. The normalized spacial score (nSPS) is 19.4. The molecule has 0 aliphatic carbocycles. The Morgan fingerprint density at radius 2 is 1.71 bits per heavy atom. The van der Waals surface area contributed by atoms with Crippen molar-refractivity contribution in [1.29, 1.82) is 0 Å². The molecule has 1 fully saturated rings. The standard InChI is InChI=1S/C12H14F2N2O4S/c13-8-2-1-3-9(14)10(8)21(19,20)16-6-4-12(15,5-7-16)11(17)18/h1-3H,4-7,15H2,(H,17,18). The molecule has 1 saturated heterocycles. The summed E-state index contributed by atoms with van der Waals surface area (Å²) in [6.45, 7) is -0.419. The monoisotopic (exact) mass is 320 g/mol. The Balaban J connectivity index is 2.29. The van der Waals surface area contributed by atoms with Crippen LogP contribution in [-0.4, -0.2) is 42.4 Å². The fraction of sp³-hybridized carbons (Fsp3) is 0.417. The fourth-order valence-electron chi connectivity index (χ4n) is 2.20. The molecular formula is C12H14F2N2O4S. The first-order chi connectivity index (χ1) is 9.68. The van der Waals surface area contributed by atoms with E-state index in [9.17, 15) is 22.0 Å². The number of sulfonamides is 1. The molecule has 1 aromatic carbocycles. The van der Waals surface area contributed by atoms with Gasteiger partial charge in [-0.15, -0.1) is 0 Å². The number of nitrogens with two attached hydrogens (primary N) is 1. The molecular weight excluding hydrogens is 306 g/mol. The van der Waals surface area contributed by atoms with Crippen molar-refractivity contribution in [3.63, 3.8) is 0 Å². The van der Waals surface area contributed by atoms with Crippen molar-refractivity contribution in [2.45, 2.75) is 23.3 Å².